The molecule has 1 unspecified atom stereocenters. The Morgan fingerprint density at radius 1 is 1.44 bits per heavy atom. The summed E-state index contributed by atoms with van der Waals surface area (Å²) >= 11 is 4.84. The van der Waals surface area contributed by atoms with Gasteiger partial charge in [0.25, 0.3) is 0 Å². The van der Waals surface area contributed by atoms with E-state index in [9.17, 15) is 9.50 Å². The molecule has 16 heavy (non-hydrogen) atoms. The lowest BCUT2D eigenvalue weighted by molar-refractivity contribution is 0.0970. The molecule has 1 atom stereocenters. The highest BCUT2D eigenvalue weighted by Crippen LogP contribution is 2.35. The monoisotopic (exact) mass is 301 g/mol. The molecule has 0 aliphatic carbocycles. The molecule has 2 aromatic heterocycles. The minimum atomic E-state index is -1.22. The van der Waals surface area contributed by atoms with Gasteiger partial charge in [0.1, 0.15) is 11.4 Å². The number of thiophene rings is 1. The smallest absolute Gasteiger partial charge is 0.141 e. The Hall–Kier alpha value is -0.780. The van der Waals surface area contributed by atoms with Crippen molar-refractivity contribution >= 4 is 27.3 Å². The Kier molecular flexibility index (Phi) is 3.10. The molecule has 0 fully saturated rings. The number of aliphatic hydroxyl groups is 1. The van der Waals surface area contributed by atoms with Crippen LogP contribution in [0.5, 0.6) is 0 Å². The highest BCUT2D eigenvalue weighted by Gasteiger charge is 2.29. The number of aromatic nitrogens is 1. The van der Waals surface area contributed by atoms with Gasteiger partial charge in [0.15, 0.2) is 0 Å². The molecular formula is C11H9BrFNOS. The van der Waals surface area contributed by atoms with Gasteiger partial charge in [-0.3, -0.25) is 4.98 Å². The lowest BCUT2D eigenvalue weighted by Gasteiger charge is -2.22. The number of hydrogen-bond donors (Lipinski definition) is 1. The molecule has 0 saturated heterocycles. The normalized spacial score (nSPS) is 14.8. The van der Waals surface area contributed by atoms with Crippen molar-refractivity contribution in [3.8, 4) is 0 Å². The van der Waals surface area contributed by atoms with Crippen molar-refractivity contribution in [2.45, 2.75) is 12.5 Å². The van der Waals surface area contributed by atoms with Crippen LogP contribution in [-0.2, 0) is 5.60 Å². The fourth-order valence-corrected chi connectivity index (χ4v) is 3.21. The van der Waals surface area contributed by atoms with Crippen molar-refractivity contribution in [1.29, 1.82) is 0 Å². The van der Waals surface area contributed by atoms with Crippen molar-refractivity contribution in [2.75, 3.05) is 0 Å². The molecule has 0 radical (unpaired) electrons. The van der Waals surface area contributed by atoms with Crippen LogP contribution < -0.4 is 0 Å². The summed E-state index contributed by atoms with van der Waals surface area (Å²) in [4.78, 5) is 3.91. The van der Waals surface area contributed by atoms with Gasteiger partial charge in [-0.15, -0.1) is 0 Å². The van der Waals surface area contributed by atoms with Crippen LogP contribution in [0.1, 0.15) is 18.2 Å². The SMILES string of the molecule is CC(O)(c1ccc(F)cn1)c1cscc1Br. The van der Waals surface area contributed by atoms with Gasteiger partial charge in [-0.25, -0.2) is 4.39 Å². The van der Waals surface area contributed by atoms with Gasteiger partial charge in [0.2, 0.25) is 0 Å². The average molecular weight is 302 g/mol. The molecule has 0 aliphatic heterocycles. The Balaban J connectivity index is 2.46. The first-order valence-electron chi connectivity index (χ1n) is 4.58. The summed E-state index contributed by atoms with van der Waals surface area (Å²) in [6, 6.07) is 2.77. The Labute approximate surface area is 105 Å². The first-order valence-corrected chi connectivity index (χ1v) is 6.32. The molecule has 0 aliphatic rings. The molecule has 0 amide bonds. The third-order valence-corrected chi connectivity index (χ3v) is 4.07. The van der Waals surface area contributed by atoms with Gasteiger partial charge in [-0.05, 0) is 40.4 Å². The number of nitrogens with zero attached hydrogens (tertiary/aromatic N) is 1. The third-order valence-electron chi connectivity index (χ3n) is 2.37. The van der Waals surface area contributed by atoms with E-state index in [0.717, 1.165) is 16.2 Å². The van der Waals surface area contributed by atoms with E-state index in [1.165, 1.54) is 23.5 Å². The van der Waals surface area contributed by atoms with Crippen LogP contribution in [0.15, 0.2) is 33.6 Å². The zero-order chi connectivity index (χ0) is 11.8. The van der Waals surface area contributed by atoms with E-state index in [0.29, 0.717) is 5.69 Å². The van der Waals surface area contributed by atoms with Crippen molar-refractivity contribution < 1.29 is 9.50 Å². The molecule has 0 bridgehead atoms. The van der Waals surface area contributed by atoms with Crippen LogP contribution in [0.4, 0.5) is 4.39 Å². The molecule has 2 nitrogen and oxygen atoms in total. The highest BCUT2D eigenvalue weighted by atomic mass is 79.9. The predicted octanol–water partition coefficient (Wildman–Crippen LogP) is 3.30. The summed E-state index contributed by atoms with van der Waals surface area (Å²) in [5.74, 6) is -0.413. The van der Waals surface area contributed by atoms with Gasteiger partial charge in [0, 0.05) is 15.4 Å². The predicted molar refractivity (Wildman–Crippen MR) is 64.9 cm³/mol. The number of rotatable bonds is 2. The first-order chi connectivity index (χ1) is 7.51. The summed E-state index contributed by atoms with van der Waals surface area (Å²) < 4.78 is 13.6. The second-order valence-corrected chi connectivity index (χ2v) is 5.17. The minimum Gasteiger partial charge on any atom is -0.379 e. The van der Waals surface area contributed by atoms with E-state index in [4.69, 9.17) is 0 Å². The van der Waals surface area contributed by atoms with Gasteiger partial charge in [0.05, 0.1) is 11.9 Å². The third kappa shape index (κ3) is 2.03. The largest absolute Gasteiger partial charge is 0.379 e. The van der Waals surface area contributed by atoms with E-state index in [2.05, 4.69) is 20.9 Å². The van der Waals surface area contributed by atoms with Gasteiger partial charge < -0.3 is 5.11 Å². The van der Waals surface area contributed by atoms with Crippen LogP contribution in [0.25, 0.3) is 0 Å². The first kappa shape index (κ1) is 11.7. The van der Waals surface area contributed by atoms with Crippen LogP contribution in [0.3, 0.4) is 0 Å². The summed E-state index contributed by atoms with van der Waals surface area (Å²) in [6.45, 7) is 1.64. The van der Waals surface area contributed by atoms with E-state index in [1.807, 2.05) is 10.8 Å². The second kappa shape index (κ2) is 4.24. The van der Waals surface area contributed by atoms with Gasteiger partial charge in [-0.2, -0.15) is 11.3 Å². The number of halogens is 2. The summed E-state index contributed by atoms with van der Waals surface area (Å²) in [6.07, 6.45) is 1.10. The zero-order valence-corrected chi connectivity index (χ0v) is 10.8. The maximum Gasteiger partial charge on any atom is 0.141 e. The van der Waals surface area contributed by atoms with E-state index < -0.39 is 11.4 Å². The molecular weight excluding hydrogens is 293 g/mol. The molecule has 0 spiro atoms. The molecule has 1 N–H and O–H groups in total. The van der Waals surface area contributed by atoms with Crippen LogP contribution >= 0.6 is 27.3 Å². The molecule has 0 saturated carbocycles. The average Bonchev–Trinajstić information content (AvgIpc) is 2.66. The van der Waals surface area contributed by atoms with Crippen molar-refractivity contribution in [3.63, 3.8) is 0 Å². The zero-order valence-electron chi connectivity index (χ0n) is 8.45. The molecule has 84 valence electrons. The van der Waals surface area contributed by atoms with Crippen LogP contribution in [0.2, 0.25) is 0 Å². The van der Waals surface area contributed by atoms with Crippen LogP contribution in [-0.4, -0.2) is 10.1 Å². The molecule has 5 heteroatoms. The Morgan fingerprint density at radius 2 is 2.19 bits per heavy atom. The van der Waals surface area contributed by atoms with Crippen molar-refractivity contribution in [1.82, 2.24) is 4.98 Å². The summed E-state index contributed by atoms with van der Waals surface area (Å²) in [7, 11) is 0. The fourth-order valence-electron chi connectivity index (χ4n) is 1.43. The number of hydrogen-bond acceptors (Lipinski definition) is 3. The lowest BCUT2D eigenvalue weighted by atomic mass is 9.95. The quantitative estimate of drug-likeness (QED) is 0.923. The summed E-state index contributed by atoms with van der Waals surface area (Å²) in [5, 5.41) is 14.1. The highest BCUT2D eigenvalue weighted by molar-refractivity contribution is 9.10. The van der Waals surface area contributed by atoms with Crippen molar-refractivity contribution in [2.24, 2.45) is 0 Å². The Bertz CT molecular complexity index is 495. The minimum absolute atomic E-state index is 0.413. The lowest BCUT2D eigenvalue weighted by Crippen LogP contribution is -2.24. The second-order valence-electron chi connectivity index (χ2n) is 3.57. The molecule has 0 aromatic carbocycles. The van der Waals surface area contributed by atoms with Crippen molar-refractivity contribution in [3.05, 3.63) is 50.6 Å². The van der Waals surface area contributed by atoms with E-state index >= 15 is 0 Å². The van der Waals surface area contributed by atoms with E-state index in [1.54, 1.807) is 6.92 Å². The maximum absolute atomic E-state index is 12.7. The van der Waals surface area contributed by atoms with E-state index in [-0.39, 0.29) is 0 Å². The molecule has 2 heterocycles. The topological polar surface area (TPSA) is 33.1 Å². The van der Waals surface area contributed by atoms with Gasteiger partial charge >= 0.3 is 0 Å². The standard InChI is InChI=1S/C11H9BrFNOS/c1-11(15,8-5-16-6-9(8)12)10-3-2-7(13)4-14-10/h2-6,15H,1H3. The van der Waals surface area contributed by atoms with Gasteiger partial charge in [-0.1, -0.05) is 0 Å². The summed E-state index contributed by atoms with van der Waals surface area (Å²) in [5.41, 5.74) is -0.0587. The molecule has 2 aromatic rings. The fraction of sp³-hybridized carbons (Fsp3) is 0.182. The Morgan fingerprint density at radius 3 is 2.69 bits per heavy atom. The maximum atomic E-state index is 12.7. The van der Waals surface area contributed by atoms with Crippen LogP contribution in [0, 0.1) is 5.82 Å². The molecule has 2 rings (SSSR count). The number of pyridine rings is 1.